The standard InChI is InChI=1S/C6H9O3P/c7-6-2-1-5(3-6)4-10(8)9/h3,6-7H,1-2,4H2/p+1. The Morgan fingerprint density at radius 3 is 2.90 bits per heavy atom. The van der Waals surface area contributed by atoms with Gasteiger partial charge in [0.05, 0.1) is 6.10 Å². The van der Waals surface area contributed by atoms with Crippen molar-refractivity contribution in [1.29, 1.82) is 0 Å². The molecule has 1 rings (SSSR count). The second-order valence-electron chi connectivity index (χ2n) is 2.44. The molecule has 0 saturated heterocycles. The van der Waals surface area contributed by atoms with Crippen LogP contribution in [0.25, 0.3) is 0 Å². The van der Waals surface area contributed by atoms with E-state index in [2.05, 4.69) is 0 Å². The van der Waals surface area contributed by atoms with E-state index in [9.17, 15) is 4.57 Å². The van der Waals surface area contributed by atoms with Gasteiger partial charge < -0.3 is 5.11 Å². The number of aliphatic hydroxyl groups is 1. The Morgan fingerprint density at radius 2 is 2.50 bits per heavy atom. The predicted molar refractivity (Wildman–Crippen MR) is 38.0 cm³/mol. The molecule has 0 radical (unpaired) electrons. The van der Waals surface area contributed by atoms with Crippen LogP contribution in [0.15, 0.2) is 11.6 Å². The summed E-state index contributed by atoms with van der Waals surface area (Å²) in [4.78, 5) is 8.49. The molecule has 0 bridgehead atoms. The Hall–Kier alpha value is -0.240. The summed E-state index contributed by atoms with van der Waals surface area (Å²) in [5.41, 5.74) is 0.913. The van der Waals surface area contributed by atoms with E-state index in [0.717, 1.165) is 12.0 Å². The summed E-state index contributed by atoms with van der Waals surface area (Å²) >= 11 is 0. The van der Waals surface area contributed by atoms with E-state index >= 15 is 0 Å². The van der Waals surface area contributed by atoms with Gasteiger partial charge in [-0.15, -0.1) is 0 Å². The number of allylic oxidation sites excluding steroid dienone is 1. The molecule has 2 N–H and O–H groups in total. The lowest BCUT2D eigenvalue weighted by Gasteiger charge is -1.89. The molecular weight excluding hydrogens is 151 g/mol. The summed E-state index contributed by atoms with van der Waals surface area (Å²) in [7, 11) is -2.06. The van der Waals surface area contributed by atoms with Crippen LogP contribution in [0.1, 0.15) is 12.8 Å². The Balaban J connectivity index is 2.43. The van der Waals surface area contributed by atoms with Crippen molar-refractivity contribution in [3.63, 3.8) is 0 Å². The molecule has 0 heterocycles. The number of rotatable bonds is 2. The van der Waals surface area contributed by atoms with E-state index in [1.807, 2.05) is 0 Å². The Morgan fingerprint density at radius 1 is 1.80 bits per heavy atom. The van der Waals surface area contributed by atoms with Gasteiger partial charge in [-0.1, -0.05) is 6.08 Å². The Kier molecular flexibility index (Phi) is 2.55. The highest BCUT2D eigenvalue weighted by atomic mass is 31.1. The van der Waals surface area contributed by atoms with Crippen LogP contribution in [0, 0.1) is 0 Å². The van der Waals surface area contributed by atoms with Crippen molar-refractivity contribution in [2.45, 2.75) is 18.9 Å². The number of aliphatic hydroxyl groups excluding tert-OH is 1. The van der Waals surface area contributed by atoms with Crippen molar-refractivity contribution < 1.29 is 14.6 Å². The first kappa shape index (κ1) is 7.86. The highest BCUT2D eigenvalue weighted by molar-refractivity contribution is 7.38. The van der Waals surface area contributed by atoms with Crippen molar-refractivity contribution >= 4 is 8.03 Å². The van der Waals surface area contributed by atoms with Crippen LogP contribution in [-0.2, 0) is 4.57 Å². The highest BCUT2D eigenvalue weighted by Gasteiger charge is 2.20. The largest absolute Gasteiger partial charge is 0.509 e. The smallest absolute Gasteiger partial charge is 0.389 e. The lowest BCUT2D eigenvalue weighted by molar-refractivity contribution is 0.223. The molecule has 2 unspecified atom stereocenters. The van der Waals surface area contributed by atoms with Crippen molar-refractivity contribution in [3.8, 4) is 0 Å². The minimum Gasteiger partial charge on any atom is -0.389 e. The summed E-state index contributed by atoms with van der Waals surface area (Å²) in [6.45, 7) is 0. The van der Waals surface area contributed by atoms with Crippen molar-refractivity contribution in [2.24, 2.45) is 0 Å². The predicted octanol–water partition coefficient (Wildman–Crippen LogP) is 0.802. The fourth-order valence-corrected chi connectivity index (χ4v) is 1.69. The molecule has 10 heavy (non-hydrogen) atoms. The summed E-state index contributed by atoms with van der Waals surface area (Å²) in [5.74, 6) is 0. The molecular formula is C6H10O3P+. The second-order valence-corrected chi connectivity index (χ2v) is 3.46. The summed E-state index contributed by atoms with van der Waals surface area (Å²) in [5, 5.41) is 8.96. The molecule has 4 heteroatoms. The van der Waals surface area contributed by atoms with Gasteiger partial charge in [0.1, 0.15) is 0 Å². The summed E-state index contributed by atoms with van der Waals surface area (Å²) in [6, 6.07) is 0. The SMILES string of the molecule is O=[P+](O)CC1=CC(O)CC1. The van der Waals surface area contributed by atoms with Gasteiger partial charge >= 0.3 is 8.03 Å². The van der Waals surface area contributed by atoms with Crippen molar-refractivity contribution in [1.82, 2.24) is 0 Å². The third-order valence-electron chi connectivity index (χ3n) is 1.53. The van der Waals surface area contributed by atoms with E-state index in [-0.39, 0.29) is 12.3 Å². The molecule has 0 aromatic carbocycles. The van der Waals surface area contributed by atoms with Gasteiger partial charge in [-0.05, 0) is 23.0 Å². The molecule has 0 spiro atoms. The van der Waals surface area contributed by atoms with Crippen LogP contribution < -0.4 is 0 Å². The van der Waals surface area contributed by atoms with Crippen LogP contribution in [0.4, 0.5) is 0 Å². The number of hydrogen-bond acceptors (Lipinski definition) is 2. The highest BCUT2D eigenvalue weighted by Crippen LogP contribution is 2.26. The first-order chi connectivity index (χ1) is 4.68. The molecule has 0 aromatic rings. The summed E-state index contributed by atoms with van der Waals surface area (Å²) < 4.78 is 10.3. The first-order valence-corrected chi connectivity index (χ1v) is 4.59. The molecule has 0 aromatic heterocycles. The van der Waals surface area contributed by atoms with E-state index in [1.54, 1.807) is 6.08 Å². The lowest BCUT2D eigenvalue weighted by atomic mass is 10.3. The van der Waals surface area contributed by atoms with E-state index < -0.39 is 8.03 Å². The maximum absolute atomic E-state index is 10.3. The van der Waals surface area contributed by atoms with Gasteiger partial charge in [-0.25, -0.2) is 0 Å². The maximum Gasteiger partial charge on any atom is 0.509 e. The second kappa shape index (κ2) is 3.24. The molecule has 1 aliphatic carbocycles. The van der Waals surface area contributed by atoms with E-state index in [4.69, 9.17) is 10.00 Å². The molecule has 0 fully saturated rings. The van der Waals surface area contributed by atoms with Crippen LogP contribution in [0.3, 0.4) is 0 Å². The maximum atomic E-state index is 10.3. The zero-order chi connectivity index (χ0) is 7.56. The molecule has 0 saturated carbocycles. The van der Waals surface area contributed by atoms with Gasteiger partial charge in [0.2, 0.25) is 0 Å². The zero-order valence-electron chi connectivity index (χ0n) is 5.53. The normalized spacial score (nSPS) is 26.4. The van der Waals surface area contributed by atoms with Gasteiger partial charge in [-0.2, -0.15) is 4.89 Å². The minimum absolute atomic E-state index is 0.229. The third kappa shape index (κ3) is 2.18. The zero-order valence-corrected chi connectivity index (χ0v) is 6.42. The van der Waals surface area contributed by atoms with Gasteiger partial charge in [-0.3, -0.25) is 0 Å². The Labute approximate surface area is 60.2 Å². The van der Waals surface area contributed by atoms with Crippen LogP contribution in [-0.4, -0.2) is 22.3 Å². The number of hydrogen-bond donors (Lipinski definition) is 2. The monoisotopic (exact) mass is 161 g/mol. The molecule has 56 valence electrons. The third-order valence-corrected chi connectivity index (χ3v) is 2.20. The van der Waals surface area contributed by atoms with Crippen LogP contribution in [0.5, 0.6) is 0 Å². The molecule has 0 amide bonds. The minimum atomic E-state index is -2.06. The van der Waals surface area contributed by atoms with Gasteiger partial charge in [0.25, 0.3) is 0 Å². The average molecular weight is 161 g/mol. The molecule has 1 aliphatic rings. The van der Waals surface area contributed by atoms with E-state index in [1.165, 1.54) is 0 Å². The first-order valence-electron chi connectivity index (χ1n) is 3.19. The molecule has 2 atom stereocenters. The van der Waals surface area contributed by atoms with Gasteiger partial charge in [0.15, 0.2) is 6.16 Å². The fourth-order valence-electron chi connectivity index (χ4n) is 1.08. The van der Waals surface area contributed by atoms with Crippen molar-refractivity contribution in [2.75, 3.05) is 6.16 Å². The van der Waals surface area contributed by atoms with Gasteiger partial charge in [0, 0.05) is 0 Å². The fraction of sp³-hybridized carbons (Fsp3) is 0.667. The lowest BCUT2D eigenvalue weighted by Crippen LogP contribution is -1.93. The van der Waals surface area contributed by atoms with Crippen LogP contribution in [0.2, 0.25) is 0 Å². The Bertz CT molecular complexity index is 176. The average Bonchev–Trinajstić information content (AvgIpc) is 2.13. The van der Waals surface area contributed by atoms with Crippen molar-refractivity contribution in [3.05, 3.63) is 11.6 Å². The molecule has 0 aliphatic heterocycles. The van der Waals surface area contributed by atoms with Crippen LogP contribution >= 0.6 is 8.03 Å². The van der Waals surface area contributed by atoms with E-state index in [0.29, 0.717) is 6.42 Å². The topological polar surface area (TPSA) is 57.5 Å². The quantitative estimate of drug-likeness (QED) is 0.465. The summed E-state index contributed by atoms with van der Waals surface area (Å²) in [6.07, 6.45) is 2.99. The molecule has 3 nitrogen and oxygen atoms in total.